The molecule has 1 nitrogen and oxygen atoms in total. The minimum Gasteiger partial charge on any atom is -0.463 e. The van der Waals surface area contributed by atoms with Gasteiger partial charge in [-0.1, -0.05) is 0 Å². The molecule has 22 valence electrons. The zero-order chi connectivity index (χ0) is 2.99. The summed E-state index contributed by atoms with van der Waals surface area (Å²) in [4.78, 5) is 0. The fourth-order valence-electron chi connectivity index (χ4n) is 0.0589. The Balaban J connectivity index is 2.54. The first-order valence-corrected chi connectivity index (χ1v) is 1.23. The Kier molecular flexibility index (Phi) is 0.133. The average Bonchev–Trinajstić information content (AvgIpc) is 1.75. The standard InChI is InChI=1S/C3H4O/c1-3-2-4-3/h2H,1H3. The third kappa shape index (κ3) is 0.0696. The van der Waals surface area contributed by atoms with Gasteiger partial charge in [-0.05, 0) is 6.92 Å². The van der Waals surface area contributed by atoms with Crippen LogP contribution in [0.25, 0.3) is 0 Å². The normalized spacial score (nSPS) is 17.8. The fourth-order valence-corrected chi connectivity index (χ4v) is 0.0589. The van der Waals surface area contributed by atoms with Crippen molar-refractivity contribution in [3.05, 3.63) is 12.0 Å². The van der Waals surface area contributed by atoms with Crippen molar-refractivity contribution in [3.63, 3.8) is 0 Å². The summed E-state index contributed by atoms with van der Waals surface area (Å²) in [6, 6.07) is 0. The lowest BCUT2D eigenvalue weighted by Crippen LogP contribution is -1.33. The third-order valence-electron chi connectivity index (χ3n) is 0.354. The van der Waals surface area contributed by atoms with Crippen LogP contribution in [-0.2, 0) is 4.74 Å². The van der Waals surface area contributed by atoms with E-state index in [1.807, 2.05) is 6.92 Å². The summed E-state index contributed by atoms with van der Waals surface area (Å²) in [7, 11) is 0. The molecule has 1 heterocycles. The fraction of sp³-hybridized carbons (Fsp3) is 0.333. The molecule has 1 heteroatoms. The molecule has 0 saturated heterocycles. The third-order valence-corrected chi connectivity index (χ3v) is 0.354. The van der Waals surface area contributed by atoms with Crippen LogP contribution in [0.3, 0.4) is 0 Å². The number of ether oxygens (including phenoxy) is 1. The molecule has 0 fully saturated rings. The molecule has 0 amide bonds. The van der Waals surface area contributed by atoms with Crippen LogP contribution in [0.1, 0.15) is 6.92 Å². The molecule has 0 unspecified atom stereocenters. The summed E-state index contributed by atoms with van der Waals surface area (Å²) in [5.74, 6) is 1.04. The van der Waals surface area contributed by atoms with Crippen molar-refractivity contribution in [3.8, 4) is 0 Å². The highest BCUT2D eigenvalue weighted by atomic mass is 16.5. The van der Waals surface area contributed by atoms with Gasteiger partial charge in [0, 0.05) is 0 Å². The van der Waals surface area contributed by atoms with E-state index in [0.29, 0.717) is 0 Å². The van der Waals surface area contributed by atoms with E-state index in [4.69, 9.17) is 0 Å². The highest BCUT2D eigenvalue weighted by Crippen LogP contribution is 2.08. The van der Waals surface area contributed by atoms with E-state index >= 15 is 0 Å². The lowest BCUT2D eigenvalue weighted by Gasteiger charge is -1.53. The van der Waals surface area contributed by atoms with Gasteiger partial charge in [-0.25, -0.2) is 0 Å². The Morgan fingerprint density at radius 2 is 2.25 bits per heavy atom. The largest absolute Gasteiger partial charge is 0.463 e. The molecule has 0 bridgehead atoms. The zero-order valence-corrected chi connectivity index (χ0v) is 2.49. The summed E-state index contributed by atoms with van der Waals surface area (Å²) in [6.45, 7) is 1.92. The Bertz CT molecular complexity index is 54.3. The molecule has 0 atom stereocenters. The van der Waals surface area contributed by atoms with Crippen molar-refractivity contribution in [2.75, 3.05) is 0 Å². The van der Waals surface area contributed by atoms with Crippen LogP contribution in [0.2, 0.25) is 0 Å². The summed E-state index contributed by atoms with van der Waals surface area (Å²) < 4.78 is 4.50. The van der Waals surface area contributed by atoms with Crippen molar-refractivity contribution < 1.29 is 4.74 Å². The molecule has 0 aromatic carbocycles. The van der Waals surface area contributed by atoms with Crippen LogP contribution in [0.15, 0.2) is 12.0 Å². The maximum atomic E-state index is 4.50. The lowest BCUT2D eigenvalue weighted by molar-refractivity contribution is 0.503. The molecule has 1 aliphatic heterocycles. The van der Waals surface area contributed by atoms with Crippen molar-refractivity contribution in [1.29, 1.82) is 0 Å². The van der Waals surface area contributed by atoms with E-state index in [1.54, 1.807) is 6.26 Å². The molecule has 0 aromatic heterocycles. The SMILES string of the molecule is CC1=CO1. The number of hydrogen-bond donors (Lipinski definition) is 0. The van der Waals surface area contributed by atoms with Gasteiger partial charge < -0.3 is 4.74 Å². The second-order valence-electron chi connectivity index (χ2n) is 0.846. The second-order valence-corrected chi connectivity index (χ2v) is 0.846. The highest BCUT2D eigenvalue weighted by Gasteiger charge is 1.95. The number of rotatable bonds is 0. The molecule has 0 aromatic rings. The van der Waals surface area contributed by atoms with Crippen LogP contribution in [-0.4, -0.2) is 0 Å². The van der Waals surface area contributed by atoms with E-state index < -0.39 is 0 Å². The molecular formula is C3H4O. The van der Waals surface area contributed by atoms with Gasteiger partial charge in [0.1, 0.15) is 12.0 Å². The van der Waals surface area contributed by atoms with Gasteiger partial charge in [-0.15, -0.1) is 0 Å². The predicted octanol–water partition coefficient (Wildman–Crippen LogP) is 0.878. The Labute approximate surface area is 24.9 Å². The van der Waals surface area contributed by atoms with Crippen molar-refractivity contribution in [1.82, 2.24) is 0 Å². The van der Waals surface area contributed by atoms with Gasteiger partial charge in [0.15, 0.2) is 0 Å². The zero-order valence-electron chi connectivity index (χ0n) is 2.49. The summed E-state index contributed by atoms with van der Waals surface area (Å²) in [6.07, 6.45) is 1.71. The molecule has 0 aliphatic carbocycles. The first-order valence-electron chi connectivity index (χ1n) is 1.23. The van der Waals surface area contributed by atoms with Crippen LogP contribution >= 0.6 is 0 Å². The van der Waals surface area contributed by atoms with Crippen LogP contribution < -0.4 is 0 Å². The van der Waals surface area contributed by atoms with Gasteiger partial charge in [0.25, 0.3) is 0 Å². The maximum Gasteiger partial charge on any atom is 0.135 e. The Morgan fingerprint density at radius 1 is 2.00 bits per heavy atom. The van der Waals surface area contributed by atoms with Gasteiger partial charge in [-0.2, -0.15) is 0 Å². The van der Waals surface area contributed by atoms with E-state index in [-0.39, 0.29) is 0 Å². The van der Waals surface area contributed by atoms with Crippen molar-refractivity contribution in [2.45, 2.75) is 6.92 Å². The maximum absolute atomic E-state index is 4.50. The summed E-state index contributed by atoms with van der Waals surface area (Å²) in [5, 5.41) is 0. The average molecular weight is 56.1 g/mol. The van der Waals surface area contributed by atoms with Crippen molar-refractivity contribution in [2.24, 2.45) is 0 Å². The lowest BCUT2D eigenvalue weighted by atomic mass is 10.8. The minimum absolute atomic E-state index is 1.04. The number of allylic oxidation sites excluding steroid dienone is 1. The van der Waals surface area contributed by atoms with E-state index in [2.05, 4.69) is 4.74 Å². The molecule has 4 heavy (non-hydrogen) atoms. The van der Waals surface area contributed by atoms with Crippen LogP contribution in [0.4, 0.5) is 0 Å². The molecule has 0 radical (unpaired) electrons. The van der Waals surface area contributed by atoms with Gasteiger partial charge in [0.2, 0.25) is 0 Å². The Morgan fingerprint density at radius 3 is 2.25 bits per heavy atom. The van der Waals surface area contributed by atoms with Crippen LogP contribution in [0.5, 0.6) is 0 Å². The second kappa shape index (κ2) is 0.292. The topological polar surface area (TPSA) is 12.5 Å². The molecule has 0 spiro atoms. The minimum atomic E-state index is 1.04. The smallest absolute Gasteiger partial charge is 0.135 e. The number of hydrogen-bond acceptors (Lipinski definition) is 1. The molecule has 1 aliphatic rings. The summed E-state index contributed by atoms with van der Waals surface area (Å²) >= 11 is 0. The van der Waals surface area contributed by atoms with Crippen molar-refractivity contribution >= 4 is 0 Å². The molecule has 0 N–H and O–H groups in total. The van der Waals surface area contributed by atoms with Gasteiger partial charge in [-0.3, -0.25) is 0 Å². The highest BCUT2D eigenvalue weighted by molar-refractivity contribution is 4.96. The summed E-state index contributed by atoms with van der Waals surface area (Å²) in [5.41, 5.74) is 0. The molecule has 1 rings (SSSR count). The van der Waals surface area contributed by atoms with E-state index in [0.717, 1.165) is 5.76 Å². The monoisotopic (exact) mass is 56.0 g/mol. The van der Waals surface area contributed by atoms with E-state index in [1.165, 1.54) is 0 Å². The molecular weight excluding hydrogens is 52.0 g/mol. The first-order chi connectivity index (χ1) is 1.89. The first kappa shape index (κ1) is 1.82. The Hall–Kier alpha value is -0.460. The predicted molar refractivity (Wildman–Crippen MR) is 14.8 cm³/mol. The molecule has 0 saturated carbocycles. The quantitative estimate of drug-likeness (QED) is 0.401. The van der Waals surface area contributed by atoms with Crippen LogP contribution in [0, 0.1) is 0 Å². The van der Waals surface area contributed by atoms with E-state index in [9.17, 15) is 0 Å². The van der Waals surface area contributed by atoms with Gasteiger partial charge in [0.05, 0.1) is 0 Å². The van der Waals surface area contributed by atoms with Gasteiger partial charge >= 0.3 is 0 Å².